The second-order valence-corrected chi connectivity index (χ2v) is 4.18. The molecule has 0 aliphatic carbocycles. The molecule has 0 spiro atoms. The van der Waals surface area contributed by atoms with Crippen molar-refractivity contribution in [2.45, 2.75) is 6.61 Å². The second kappa shape index (κ2) is 7.03. The molecule has 0 radical (unpaired) electrons. The number of rotatable bonds is 6. The largest absolute Gasteiger partial charge is 0.460 e. The summed E-state index contributed by atoms with van der Waals surface area (Å²) in [5.41, 5.74) is 5.79. The maximum atomic E-state index is 11.3. The van der Waals surface area contributed by atoms with Crippen LogP contribution in [0.5, 0.6) is 0 Å². The average molecular weight is 301 g/mol. The van der Waals surface area contributed by atoms with Gasteiger partial charge in [0, 0.05) is 10.0 Å². The molecule has 1 amide bonds. The fourth-order valence-corrected chi connectivity index (χ4v) is 1.51. The number of hydrogen-bond acceptors (Lipinski definition) is 4. The Morgan fingerprint density at radius 2 is 2.00 bits per heavy atom. The fourth-order valence-electron chi connectivity index (χ4n) is 1.11. The molecule has 0 aliphatic rings. The molecule has 0 aromatic heterocycles. The van der Waals surface area contributed by atoms with Gasteiger partial charge in [-0.3, -0.25) is 14.9 Å². The van der Waals surface area contributed by atoms with Crippen LogP contribution in [0, 0.1) is 0 Å². The third kappa shape index (κ3) is 5.46. The molecule has 0 atom stereocenters. The summed E-state index contributed by atoms with van der Waals surface area (Å²) in [6, 6.07) is 7.46. The van der Waals surface area contributed by atoms with Gasteiger partial charge < -0.3 is 10.5 Å². The van der Waals surface area contributed by atoms with Crippen LogP contribution >= 0.6 is 15.9 Å². The molecular formula is C11H13BrN2O3. The van der Waals surface area contributed by atoms with E-state index < -0.39 is 11.9 Å². The van der Waals surface area contributed by atoms with Gasteiger partial charge in [-0.05, 0) is 6.07 Å². The molecule has 0 unspecified atom stereocenters. The van der Waals surface area contributed by atoms with Crippen LogP contribution in [0.3, 0.4) is 0 Å². The molecule has 0 saturated carbocycles. The van der Waals surface area contributed by atoms with Crippen molar-refractivity contribution in [1.29, 1.82) is 0 Å². The lowest BCUT2D eigenvalue weighted by Crippen LogP contribution is -2.33. The van der Waals surface area contributed by atoms with Crippen LogP contribution in [0.25, 0.3) is 0 Å². The van der Waals surface area contributed by atoms with Gasteiger partial charge in [0.2, 0.25) is 5.91 Å². The molecule has 6 heteroatoms. The summed E-state index contributed by atoms with van der Waals surface area (Å²) in [6.45, 7) is 0.121. The highest BCUT2D eigenvalue weighted by Gasteiger charge is 2.05. The number of carbonyl (C=O) groups excluding carboxylic acids is 2. The standard InChI is InChI=1S/C11H13BrN2O3/c12-9-4-2-1-3-8(9)7-17-11(16)6-14-5-10(13)15/h1-4,14H,5-7H2,(H2,13,15). The molecule has 1 aromatic carbocycles. The van der Waals surface area contributed by atoms with Crippen LogP contribution in [0.15, 0.2) is 28.7 Å². The first kappa shape index (κ1) is 13.7. The van der Waals surface area contributed by atoms with Gasteiger partial charge in [-0.2, -0.15) is 0 Å². The van der Waals surface area contributed by atoms with E-state index in [-0.39, 0.29) is 19.7 Å². The van der Waals surface area contributed by atoms with Crippen molar-refractivity contribution < 1.29 is 14.3 Å². The van der Waals surface area contributed by atoms with Crippen LogP contribution in [0.1, 0.15) is 5.56 Å². The summed E-state index contributed by atoms with van der Waals surface area (Å²) in [6.07, 6.45) is 0. The van der Waals surface area contributed by atoms with Crippen LogP contribution < -0.4 is 11.1 Å². The van der Waals surface area contributed by atoms with Gasteiger partial charge in [0.05, 0.1) is 13.1 Å². The first-order chi connectivity index (χ1) is 8.09. The number of benzene rings is 1. The van der Waals surface area contributed by atoms with Crippen LogP contribution in [-0.4, -0.2) is 25.0 Å². The molecule has 5 nitrogen and oxygen atoms in total. The Balaban J connectivity index is 2.29. The number of hydrogen-bond donors (Lipinski definition) is 2. The number of primary amides is 1. The highest BCUT2D eigenvalue weighted by Crippen LogP contribution is 2.16. The molecule has 17 heavy (non-hydrogen) atoms. The van der Waals surface area contributed by atoms with Crippen molar-refractivity contribution in [3.63, 3.8) is 0 Å². The Morgan fingerprint density at radius 3 is 2.65 bits per heavy atom. The van der Waals surface area contributed by atoms with Gasteiger partial charge >= 0.3 is 5.97 Å². The van der Waals surface area contributed by atoms with Gasteiger partial charge in [-0.15, -0.1) is 0 Å². The molecular weight excluding hydrogens is 288 g/mol. The Kier molecular flexibility index (Phi) is 5.65. The van der Waals surface area contributed by atoms with E-state index in [1.165, 1.54) is 0 Å². The number of nitrogens with two attached hydrogens (primary N) is 1. The summed E-state index contributed by atoms with van der Waals surface area (Å²) in [7, 11) is 0. The lowest BCUT2D eigenvalue weighted by Gasteiger charge is -2.06. The van der Waals surface area contributed by atoms with E-state index in [2.05, 4.69) is 21.2 Å². The highest BCUT2D eigenvalue weighted by molar-refractivity contribution is 9.10. The predicted molar refractivity (Wildman–Crippen MR) is 66.0 cm³/mol. The molecule has 0 bridgehead atoms. The Hall–Kier alpha value is -1.40. The molecule has 0 fully saturated rings. The topological polar surface area (TPSA) is 81.4 Å². The first-order valence-corrected chi connectivity index (χ1v) is 5.77. The molecule has 0 heterocycles. The lowest BCUT2D eigenvalue weighted by molar-refractivity contribution is -0.143. The Bertz CT molecular complexity index is 409. The number of esters is 1. The summed E-state index contributed by atoms with van der Waals surface area (Å²) in [4.78, 5) is 21.7. The predicted octanol–water partition coefficient (Wildman–Crippen LogP) is 0.567. The van der Waals surface area contributed by atoms with Crippen LogP contribution in [0.2, 0.25) is 0 Å². The van der Waals surface area contributed by atoms with E-state index in [1.807, 2.05) is 24.3 Å². The van der Waals surface area contributed by atoms with Crippen molar-refractivity contribution in [2.24, 2.45) is 5.73 Å². The molecule has 0 aliphatic heterocycles. The van der Waals surface area contributed by atoms with E-state index in [0.717, 1.165) is 10.0 Å². The van der Waals surface area contributed by atoms with Crippen molar-refractivity contribution in [2.75, 3.05) is 13.1 Å². The highest BCUT2D eigenvalue weighted by atomic mass is 79.9. The normalized spacial score (nSPS) is 9.94. The number of carbonyl (C=O) groups is 2. The van der Waals surface area contributed by atoms with Gasteiger partial charge in [0.1, 0.15) is 6.61 Å². The van der Waals surface area contributed by atoms with E-state index in [1.54, 1.807) is 0 Å². The monoisotopic (exact) mass is 300 g/mol. The zero-order valence-electron chi connectivity index (χ0n) is 9.11. The molecule has 1 aromatic rings. The second-order valence-electron chi connectivity index (χ2n) is 3.32. The summed E-state index contributed by atoms with van der Waals surface area (Å²) < 4.78 is 5.89. The molecule has 1 rings (SSSR count). The van der Waals surface area contributed by atoms with E-state index in [9.17, 15) is 9.59 Å². The Labute approximate surface area is 107 Å². The maximum absolute atomic E-state index is 11.3. The third-order valence-electron chi connectivity index (χ3n) is 1.92. The van der Waals surface area contributed by atoms with Crippen molar-refractivity contribution >= 4 is 27.8 Å². The van der Waals surface area contributed by atoms with E-state index in [4.69, 9.17) is 10.5 Å². The van der Waals surface area contributed by atoms with Gasteiger partial charge in [-0.1, -0.05) is 34.1 Å². The average Bonchev–Trinajstić information content (AvgIpc) is 2.27. The lowest BCUT2D eigenvalue weighted by atomic mass is 10.2. The minimum atomic E-state index is -0.511. The minimum absolute atomic E-state index is 0.0343. The molecule has 0 saturated heterocycles. The van der Waals surface area contributed by atoms with Crippen LogP contribution in [0.4, 0.5) is 0 Å². The number of ether oxygens (including phenoxy) is 1. The SMILES string of the molecule is NC(=O)CNCC(=O)OCc1ccccc1Br. The summed E-state index contributed by atoms with van der Waals surface area (Å²) in [5.74, 6) is -0.939. The summed E-state index contributed by atoms with van der Waals surface area (Å²) in [5, 5.41) is 2.57. The first-order valence-electron chi connectivity index (χ1n) is 4.97. The van der Waals surface area contributed by atoms with E-state index in [0.29, 0.717) is 0 Å². The number of amides is 1. The van der Waals surface area contributed by atoms with Crippen LogP contribution in [-0.2, 0) is 20.9 Å². The fraction of sp³-hybridized carbons (Fsp3) is 0.273. The smallest absolute Gasteiger partial charge is 0.320 e. The zero-order valence-corrected chi connectivity index (χ0v) is 10.7. The third-order valence-corrected chi connectivity index (χ3v) is 2.69. The minimum Gasteiger partial charge on any atom is -0.460 e. The van der Waals surface area contributed by atoms with Gasteiger partial charge in [0.15, 0.2) is 0 Å². The quantitative estimate of drug-likeness (QED) is 0.753. The van der Waals surface area contributed by atoms with Gasteiger partial charge in [0.25, 0.3) is 0 Å². The zero-order chi connectivity index (χ0) is 12.7. The molecule has 3 N–H and O–H groups in total. The number of nitrogens with one attached hydrogen (secondary N) is 1. The van der Waals surface area contributed by atoms with Crippen molar-refractivity contribution in [3.05, 3.63) is 34.3 Å². The van der Waals surface area contributed by atoms with Crippen molar-refractivity contribution in [1.82, 2.24) is 5.32 Å². The summed E-state index contributed by atoms with van der Waals surface area (Å²) >= 11 is 3.35. The van der Waals surface area contributed by atoms with E-state index >= 15 is 0 Å². The Morgan fingerprint density at radius 1 is 1.29 bits per heavy atom. The van der Waals surface area contributed by atoms with Gasteiger partial charge in [-0.25, -0.2) is 0 Å². The number of halogens is 1. The van der Waals surface area contributed by atoms with Crippen molar-refractivity contribution in [3.8, 4) is 0 Å². The molecule has 92 valence electrons. The maximum Gasteiger partial charge on any atom is 0.320 e.